The van der Waals surface area contributed by atoms with Gasteiger partial charge < -0.3 is 0 Å². The first kappa shape index (κ1) is 12.1. The first-order valence-electron chi connectivity index (χ1n) is 6.11. The van der Waals surface area contributed by atoms with Crippen LogP contribution in [0.15, 0.2) is 22.8 Å². The van der Waals surface area contributed by atoms with Gasteiger partial charge in [0.05, 0.1) is 11.8 Å². The van der Waals surface area contributed by atoms with E-state index in [1.807, 2.05) is 6.92 Å². The second-order valence-electron chi connectivity index (χ2n) is 5.41. The fourth-order valence-electron chi connectivity index (χ4n) is 2.92. The van der Waals surface area contributed by atoms with Crippen LogP contribution in [-0.2, 0) is 9.59 Å². The molecule has 3 unspecified atom stereocenters. The monoisotopic (exact) mass is 233 g/mol. The van der Waals surface area contributed by atoms with E-state index in [2.05, 4.69) is 32.2 Å². The molecule has 2 aliphatic rings. The van der Waals surface area contributed by atoms with E-state index in [0.29, 0.717) is 6.42 Å². The molecule has 1 aliphatic carbocycles. The summed E-state index contributed by atoms with van der Waals surface area (Å²) in [5, 5.41) is 2.46. The predicted molar refractivity (Wildman–Crippen MR) is 66.0 cm³/mol. The van der Waals surface area contributed by atoms with E-state index < -0.39 is 0 Å². The van der Waals surface area contributed by atoms with Gasteiger partial charge in [-0.15, -0.1) is 0 Å². The van der Waals surface area contributed by atoms with Gasteiger partial charge in [0.2, 0.25) is 11.8 Å². The molecule has 0 aromatic rings. The number of fused-ring (bicyclic) bond motifs is 1. The number of hydrogen-bond donors (Lipinski definition) is 1. The van der Waals surface area contributed by atoms with E-state index in [-0.39, 0.29) is 29.6 Å². The van der Waals surface area contributed by atoms with Crippen LogP contribution in [0.3, 0.4) is 0 Å². The van der Waals surface area contributed by atoms with Crippen molar-refractivity contribution < 1.29 is 9.59 Å². The smallest absolute Gasteiger partial charge is 0.231 e. The lowest BCUT2D eigenvalue weighted by Gasteiger charge is -2.30. The average Bonchev–Trinajstić information content (AvgIpc) is 2.49. The molecule has 0 saturated carbocycles. The molecule has 2 amide bonds. The van der Waals surface area contributed by atoms with Gasteiger partial charge in [0.25, 0.3) is 0 Å². The Balaban J connectivity index is 2.40. The average molecular weight is 233 g/mol. The molecule has 2 rings (SSSR count). The maximum atomic E-state index is 11.7. The molecular weight excluding hydrogens is 214 g/mol. The van der Waals surface area contributed by atoms with E-state index in [1.165, 1.54) is 16.7 Å². The van der Waals surface area contributed by atoms with E-state index in [1.54, 1.807) is 0 Å². The van der Waals surface area contributed by atoms with Crippen LogP contribution in [0, 0.1) is 17.8 Å². The molecule has 0 aromatic carbocycles. The van der Waals surface area contributed by atoms with Crippen LogP contribution in [-0.4, -0.2) is 11.8 Å². The number of nitrogens with one attached hydrogen (secondary N) is 1. The summed E-state index contributed by atoms with van der Waals surface area (Å²) in [5.41, 5.74) is 3.70. The van der Waals surface area contributed by atoms with Crippen LogP contribution in [0.5, 0.6) is 0 Å². The summed E-state index contributed by atoms with van der Waals surface area (Å²) in [6.07, 6.45) is 2.84. The minimum atomic E-state index is -0.160. The topological polar surface area (TPSA) is 46.2 Å². The molecule has 1 N–H and O–H groups in total. The number of amides is 2. The second-order valence-corrected chi connectivity index (χ2v) is 5.41. The Bertz CT molecular complexity index is 441. The minimum Gasteiger partial charge on any atom is -0.296 e. The molecule has 1 fully saturated rings. The van der Waals surface area contributed by atoms with Crippen molar-refractivity contribution >= 4 is 11.8 Å². The highest BCUT2D eigenvalue weighted by Crippen LogP contribution is 2.42. The lowest BCUT2D eigenvalue weighted by Crippen LogP contribution is -2.30. The molecule has 3 heteroatoms. The molecule has 1 saturated heterocycles. The van der Waals surface area contributed by atoms with Crippen molar-refractivity contribution in [2.45, 2.75) is 34.1 Å². The minimum absolute atomic E-state index is 0.0944. The first-order valence-corrected chi connectivity index (χ1v) is 6.11. The number of imide groups is 1. The molecule has 0 bridgehead atoms. The van der Waals surface area contributed by atoms with Gasteiger partial charge in [0.1, 0.15) is 0 Å². The molecule has 92 valence electrons. The maximum absolute atomic E-state index is 11.7. The third kappa shape index (κ3) is 1.94. The zero-order chi connectivity index (χ0) is 12.7. The summed E-state index contributed by atoms with van der Waals surface area (Å²) in [4.78, 5) is 23.5. The summed E-state index contributed by atoms with van der Waals surface area (Å²) in [7, 11) is 0. The number of carbonyl (C=O) groups is 2. The van der Waals surface area contributed by atoms with Gasteiger partial charge >= 0.3 is 0 Å². The molecule has 17 heavy (non-hydrogen) atoms. The molecule has 0 spiro atoms. The van der Waals surface area contributed by atoms with Crippen molar-refractivity contribution in [3.8, 4) is 0 Å². The molecule has 1 heterocycles. The Morgan fingerprint density at radius 1 is 1.29 bits per heavy atom. The molecule has 3 atom stereocenters. The van der Waals surface area contributed by atoms with Gasteiger partial charge in [-0.05, 0) is 38.7 Å². The van der Waals surface area contributed by atoms with Crippen molar-refractivity contribution in [1.29, 1.82) is 0 Å². The van der Waals surface area contributed by atoms with Gasteiger partial charge in [-0.25, -0.2) is 0 Å². The lowest BCUT2D eigenvalue weighted by molar-refractivity contribution is -0.126. The quantitative estimate of drug-likeness (QED) is 0.706. The van der Waals surface area contributed by atoms with Crippen LogP contribution in [0.2, 0.25) is 0 Å². The third-order valence-electron chi connectivity index (χ3n) is 3.95. The maximum Gasteiger partial charge on any atom is 0.231 e. The van der Waals surface area contributed by atoms with Crippen molar-refractivity contribution in [1.82, 2.24) is 5.32 Å². The van der Waals surface area contributed by atoms with Crippen LogP contribution in [0.4, 0.5) is 0 Å². The highest BCUT2D eigenvalue weighted by molar-refractivity contribution is 6.05. The number of carbonyl (C=O) groups excluding carboxylic acids is 2. The second kappa shape index (κ2) is 4.13. The predicted octanol–water partition coefficient (Wildman–Crippen LogP) is 2.20. The van der Waals surface area contributed by atoms with Crippen LogP contribution in [0.1, 0.15) is 34.1 Å². The van der Waals surface area contributed by atoms with Crippen molar-refractivity contribution in [2.75, 3.05) is 0 Å². The van der Waals surface area contributed by atoms with Gasteiger partial charge in [0, 0.05) is 0 Å². The van der Waals surface area contributed by atoms with Crippen molar-refractivity contribution in [3.63, 3.8) is 0 Å². The Hall–Kier alpha value is -1.38. The number of rotatable bonds is 1. The van der Waals surface area contributed by atoms with E-state index in [4.69, 9.17) is 0 Å². The van der Waals surface area contributed by atoms with Gasteiger partial charge in [-0.3, -0.25) is 14.9 Å². The number of allylic oxidation sites excluding steroid dienone is 4. The van der Waals surface area contributed by atoms with Crippen LogP contribution >= 0.6 is 0 Å². The SMILES string of the molecule is CC(C)=CC1=C(C)C(C)C2C(=O)NC(=O)C2C1. The zero-order valence-corrected chi connectivity index (χ0v) is 10.8. The van der Waals surface area contributed by atoms with Gasteiger partial charge in [-0.1, -0.05) is 24.1 Å². The highest BCUT2D eigenvalue weighted by atomic mass is 16.2. The molecule has 0 aromatic heterocycles. The highest BCUT2D eigenvalue weighted by Gasteiger charge is 2.47. The van der Waals surface area contributed by atoms with E-state index >= 15 is 0 Å². The lowest BCUT2D eigenvalue weighted by atomic mass is 9.71. The van der Waals surface area contributed by atoms with Crippen molar-refractivity contribution in [3.05, 3.63) is 22.8 Å². The standard InChI is InChI=1S/C14H19NO2/c1-7(2)5-10-6-11-12(9(4)8(10)3)14(17)15-13(11)16/h5,9,11-12H,6H2,1-4H3,(H,15,16,17). The first-order chi connectivity index (χ1) is 7.91. The van der Waals surface area contributed by atoms with Crippen molar-refractivity contribution in [2.24, 2.45) is 17.8 Å². The Kier molecular flexibility index (Phi) is 2.94. The van der Waals surface area contributed by atoms with Crippen LogP contribution < -0.4 is 5.32 Å². The van der Waals surface area contributed by atoms with Crippen LogP contribution in [0.25, 0.3) is 0 Å². The molecule has 1 aliphatic heterocycles. The largest absolute Gasteiger partial charge is 0.296 e. The normalized spacial score (nSPS) is 32.4. The zero-order valence-electron chi connectivity index (χ0n) is 10.8. The van der Waals surface area contributed by atoms with Gasteiger partial charge in [-0.2, -0.15) is 0 Å². The number of hydrogen-bond acceptors (Lipinski definition) is 2. The molecule has 3 nitrogen and oxygen atoms in total. The summed E-state index contributed by atoms with van der Waals surface area (Å²) < 4.78 is 0. The fraction of sp³-hybridized carbons (Fsp3) is 0.571. The molecule has 0 radical (unpaired) electrons. The van der Waals surface area contributed by atoms with Gasteiger partial charge in [0.15, 0.2) is 0 Å². The Morgan fingerprint density at radius 2 is 1.94 bits per heavy atom. The Morgan fingerprint density at radius 3 is 2.53 bits per heavy atom. The summed E-state index contributed by atoms with van der Waals surface area (Å²) in [5.74, 6) is -0.350. The Labute approximate surface area is 102 Å². The molecular formula is C14H19NO2. The summed E-state index contributed by atoms with van der Waals surface area (Å²) in [6, 6.07) is 0. The summed E-state index contributed by atoms with van der Waals surface area (Å²) in [6.45, 7) is 8.22. The van der Waals surface area contributed by atoms with E-state index in [0.717, 1.165) is 0 Å². The van der Waals surface area contributed by atoms with E-state index in [9.17, 15) is 9.59 Å². The summed E-state index contributed by atoms with van der Waals surface area (Å²) >= 11 is 0. The third-order valence-corrected chi connectivity index (χ3v) is 3.95. The fourth-order valence-corrected chi connectivity index (χ4v) is 2.92.